The van der Waals surface area contributed by atoms with Gasteiger partial charge in [0.15, 0.2) is 12.1 Å². The van der Waals surface area contributed by atoms with Crippen LogP contribution in [-0.4, -0.2) is 21.6 Å². The van der Waals surface area contributed by atoms with Crippen molar-refractivity contribution in [2.45, 2.75) is 6.42 Å². The third-order valence-corrected chi connectivity index (χ3v) is 2.22. The van der Waals surface area contributed by atoms with Crippen molar-refractivity contribution in [2.75, 3.05) is 11.9 Å². The van der Waals surface area contributed by atoms with Gasteiger partial charge in [0.05, 0.1) is 16.7 Å². The summed E-state index contributed by atoms with van der Waals surface area (Å²) in [5.74, 6) is -0.237. The van der Waals surface area contributed by atoms with Gasteiger partial charge in [0.1, 0.15) is 0 Å². The van der Waals surface area contributed by atoms with Gasteiger partial charge in [0.2, 0.25) is 5.89 Å². The van der Waals surface area contributed by atoms with Crippen LogP contribution in [0.1, 0.15) is 5.89 Å². The van der Waals surface area contributed by atoms with Crippen molar-refractivity contribution in [2.24, 2.45) is 0 Å². The molecular formula is C10H9FN4O3. The number of nitro benzene ring substituents is 1. The van der Waals surface area contributed by atoms with E-state index >= 15 is 0 Å². The van der Waals surface area contributed by atoms with E-state index in [1.54, 1.807) is 0 Å². The smallest absolute Gasteiger partial charge is 0.272 e. The molecule has 0 saturated carbocycles. The largest absolute Gasteiger partial charge is 0.382 e. The Morgan fingerprint density at radius 3 is 2.94 bits per heavy atom. The Morgan fingerprint density at radius 2 is 2.33 bits per heavy atom. The predicted molar refractivity (Wildman–Crippen MR) is 59.5 cm³/mol. The van der Waals surface area contributed by atoms with Crippen LogP contribution in [0.4, 0.5) is 15.8 Å². The van der Waals surface area contributed by atoms with Crippen LogP contribution < -0.4 is 5.32 Å². The van der Waals surface area contributed by atoms with E-state index in [4.69, 9.17) is 4.52 Å². The standard InChI is InChI=1S/C10H9FN4O3/c11-8-5-7(15(16)17)1-2-9(8)12-4-3-10-13-6-14-18-10/h1-2,5-6,12H,3-4H2. The molecule has 2 rings (SSSR count). The number of hydrogen-bond donors (Lipinski definition) is 1. The lowest BCUT2D eigenvalue weighted by Gasteiger charge is -2.05. The first-order chi connectivity index (χ1) is 8.66. The van der Waals surface area contributed by atoms with Crippen molar-refractivity contribution in [1.82, 2.24) is 10.1 Å². The third-order valence-electron chi connectivity index (χ3n) is 2.22. The minimum absolute atomic E-state index is 0.195. The number of hydrogen-bond acceptors (Lipinski definition) is 6. The van der Waals surface area contributed by atoms with E-state index in [0.29, 0.717) is 18.9 Å². The van der Waals surface area contributed by atoms with Gasteiger partial charge in [0, 0.05) is 19.0 Å². The molecule has 1 N–H and O–H groups in total. The van der Waals surface area contributed by atoms with Crippen molar-refractivity contribution in [1.29, 1.82) is 0 Å². The maximum Gasteiger partial charge on any atom is 0.272 e. The number of rotatable bonds is 5. The summed E-state index contributed by atoms with van der Waals surface area (Å²) in [5, 5.41) is 16.7. The first-order valence-corrected chi connectivity index (χ1v) is 5.10. The lowest BCUT2D eigenvalue weighted by molar-refractivity contribution is -0.385. The van der Waals surface area contributed by atoms with Crippen molar-refractivity contribution < 1.29 is 13.8 Å². The molecule has 1 aromatic heterocycles. The highest BCUT2D eigenvalue weighted by molar-refractivity contribution is 5.50. The second-order valence-corrected chi connectivity index (χ2v) is 3.43. The lowest BCUT2D eigenvalue weighted by Crippen LogP contribution is -2.06. The summed E-state index contributed by atoms with van der Waals surface area (Å²) in [6, 6.07) is 3.43. The highest BCUT2D eigenvalue weighted by Crippen LogP contribution is 2.20. The average Bonchev–Trinajstić information content (AvgIpc) is 2.84. The summed E-state index contributed by atoms with van der Waals surface area (Å²) in [5.41, 5.74) is -0.0879. The first kappa shape index (κ1) is 12.0. The molecule has 0 fully saturated rings. The van der Waals surface area contributed by atoms with Crippen molar-refractivity contribution in [3.8, 4) is 0 Å². The number of non-ortho nitro benzene ring substituents is 1. The van der Waals surface area contributed by atoms with Gasteiger partial charge in [-0.05, 0) is 6.07 Å². The third kappa shape index (κ3) is 2.78. The maximum absolute atomic E-state index is 13.5. The first-order valence-electron chi connectivity index (χ1n) is 5.10. The van der Waals surface area contributed by atoms with Gasteiger partial charge in [-0.2, -0.15) is 4.98 Å². The zero-order valence-corrected chi connectivity index (χ0v) is 9.17. The summed E-state index contributed by atoms with van der Waals surface area (Å²) in [4.78, 5) is 13.6. The Hall–Kier alpha value is -2.51. The monoisotopic (exact) mass is 252 g/mol. The molecule has 0 aliphatic carbocycles. The van der Waals surface area contributed by atoms with Crippen LogP contribution in [0.15, 0.2) is 29.0 Å². The van der Waals surface area contributed by atoms with Crippen LogP contribution in [0, 0.1) is 15.9 Å². The Balaban J connectivity index is 1.95. The van der Waals surface area contributed by atoms with Gasteiger partial charge in [-0.15, -0.1) is 0 Å². The normalized spacial score (nSPS) is 10.3. The molecule has 7 nitrogen and oxygen atoms in total. The number of nitrogens with one attached hydrogen (secondary N) is 1. The molecule has 94 valence electrons. The summed E-state index contributed by atoms with van der Waals surface area (Å²) < 4.78 is 18.2. The molecule has 0 aliphatic heterocycles. The SMILES string of the molecule is O=[N+]([O-])c1ccc(NCCc2ncno2)c(F)c1. The van der Waals surface area contributed by atoms with Gasteiger partial charge in [0.25, 0.3) is 5.69 Å². The van der Waals surface area contributed by atoms with Crippen LogP contribution in [-0.2, 0) is 6.42 Å². The maximum atomic E-state index is 13.5. The Labute approximate surface area is 101 Å². The molecule has 0 bridgehead atoms. The molecule has 0 atom stereocenters. The van der Waals surface area contributed by atoms with Crippen LogP contribution in [0.3, 0.4) is 0 Å². The summed E-state index contributed by atoms with van der Waals surface area (Å²) >= 11 is 0. The van der Waals surface area contributed by atoms with Gasteiger partial charge in [-0.3, -0.25) is 10.1 Å². The topological polar surface area (TPSA) is 94.1 Å². The Morgan fingerprint density at radius 1 is 1.50 bits per heavy atom. The van der Waals surface area contributed by atoms with E-state index in [0.717, 1.165) is 6.07 Å². The molecule has 1 aromatic carbocycles. The molecule has 0 unspecified atom stereocenters. The van der Waals surface area contributed by atoms with Gasteiger partial charge in [-0.25, -0.2) is 4.39 Å². The van der Waals surface area contributed by atoms with Crippen LogP contribution >= 0.6 is 0 Å². The average molecular weight is 252 g/mol. The summed E-state index contributed by atoms with van der Waals surface area (Å²) in [6.07, 6.45) is 1.72. The van der Waals surface area contributed by atoms with Crippen LogP contribution in [0.2, 0.25) is 0 Å². The fourth-order valence-corrected chi connectivity index (χ4v) is 1.37. The Bertz CT molecular complexity index is 544. The minimum atomic E-state index is -0.672. The highest BCUT2D eigenvalue weighted by atomic mass is 19.1. The molecule has 0 spiro atoms. The van der Waals surface area contributed by atoms with Gasteiger partial charge < -0.3 is 9.84 Å². The van der Waals surface area contributed by atoms with E-state index < -0.39 is 10.7 Å². The van der Waals surface area contributed by atoms with Gasteiger partial charge >= 0.3 is 0 Å². The molecule has 0 aliphatic rings. The quantitative estimate of drug-likeness (QED) is 0.643. The van der Waals surface area contributed by atoms with Crippen molar-refractivity contribution in [3.63, 3.8) is 0 Å². The fraction of sp³-hybridized carbons (Fsp3) is 0.200. The van der Waals surface area contributed by atoms with E-state index in [1.807, 2.05) is 0 Å². The van der Waals surface area contributed by atoms with E-state index in [9.17, 15) is 14.5 Å². The number of halogens is 1. The molecule has 8 heteroatoms. The predicted octanol–water partition coefficient (Wildman–Crippen LogP) is 1.77. The minimum Gasteiger partial charge on any atom is -0.382 e. The van der Waals surface area contributed by atoms with Crippen molar-refractivity contribution >= 4 is 11.4 Å². The summed E-state index contributed by atoms with van der Waals surface area (Å²) in [6.45, 7) is 0.386. The molecule has 18 heavy (non-hydrogen) atoms. The molecular weight excluding hydrogens is 243 g/mol. The molecule has 1 heterocycles. The number of benzene rings is 1. The van der Waals surface area contributed by atoms with E-state index in [1.165, 1.54) is 18.5 Å². The fourth-order valence-electron chi connectivity index (χ4n) is 1.37. The summed E-state index contributed by atoms with van der Waals surface area (Å²) in [7, 11) is 0. The van der Waals surface area contributed by atoms with Gasteiger partial charge in [-0.1, -0.05) is 5.16 Å². The molecule has 0 radical (unpaired) electrons. The van der Waals surface area contributed by atoms with Crippen LogP contribution in [0.25, 0.3) is 0 Å². The Kier molecular flexibility index (Phi) is 3.46. The molecule has 2 aromatic rings. The molecule has 0 saturated heterocycles. The van der Waals surface area contributed by atoms with E-state index in [-0.39, 0.29) is 11.4 Å². The van der Waals surface area contributed by atoms with Crippen LogP contribution in [0.5, 0.6) is 0 Å². The lowest BCUT2D eigenvalue weighted by atomic mass is 10.2. The zero-order chi connectivity index (χ0) is 13.0. The highest BCUT2D eigenvalue weighted by Gasteiger charge is 2.10. The second-order valence-electron chi connectivity index (χ2n) is 3.43. The number of aromatic nitrogens is 2. The zero-order valence-electron chi connectivity index (χ0n) is 9.17. The second kappa shape index (κ2) is 5.21. The number of anilines is 1. The molecule has 0 amide bonds. The van der Waals surface area contributed by atoms with Crippen molar-refractivity contribution in [3.05, 3.63) is 46.3 Å². The van der Waals surface area contributed by atoms with E-state index in [2.05, 4.69) is 15.5 Å². The number of nitrogens with zero attached hydrogens (tertiary/aromatic N) is 3. The number of nitro groups is 1.